The van der Waals surface area contributed by atoms with Gasteiger partial charge in [0, 0.05) is 9.79 Å². The molecule has 0 unspecified atom stereocenters. The summed E-state index contributed by atoms with van der Waals surface area (Å²) in [6.07, 6.45) is 0.488. The first-order chi connectivity index (χ1) is 10.5. The zero-order chi connectivity index (χ0) is 15.7. The lowest BCUT2D eigenvalue weighted by atomic mass is 10.2. The van der Waals surface area contributed by atoms with Crippen LogP contribution in [0, 0.1) is 0 Å². The SMILES string of the molecule is CCCS(=O)(=O)ON1c2ccccc2Sc2cccc(Cl)c21. The first-order valence-electron chi connectivity index (χ1n) is 6.79. The number of para-hydroxylation sites is 2. The van der Waals surface area contributed by atoms with Crippen molar-refractivity contribution < 1.29 is 12.7 Å². The van der Waals surface area contributed by atoms with Crippen molar-refractivity contribution in [1.82, 2.24) is 0 Å². The lowest BCUT2D eigenvalue weighted by molar-refractivity contribution is 0.319. The van der Waals surface area contributed by atoms with Gasteiger partial charge in [0.1, 0.15) is 5.69 Å². The van der Waals surface area contributed by atoms with E-state index >= 15 is 0 Å². The third-order valence-corrected chi connectivity index (χ3v) is 5.80. The van der Waals surface area contributed by atoms with Gasteiger partial charge in [0.25, 0.3) is 10.1 Å². The molecule has 2 aromatic rings. The quantitative estimate of drug-likeness (QED) is 0.801. The van der Waals surface area contributed by atoms with E-state index in [9.17, 15) is 8.42 Å². The van der Waals surface area contributed by atoms with Crippen LogP contribution < -0.4 is 5.06 Å². The molecule has 0 saturated heterocycles. The summed E-state index contributed by atoms with van der Waals surface area (Å²) < 4.78 is 29.6. The molecule has 0 atom stereocenters. The molecule has 0 radical (unpaired) electrons. The highest BCUT2D eigenvalue weighted by molar-refractivity contribution is 7.99. The summed E-state index contributed by atoms with van der Waals surface area (Å²) in [5.41, 5.74) is 1.24. The number of anilines is 2. The Hall–Kier alpha value is -1.21. The molecule has 22 heavy (non-hydrogen) atoms. The minimum atomic E-state index is -3.68. The summed E-state index contributed by atoms with van der Waals surface area (Å²) in [5.74, 6) is -0.0431. The van der Waals surface area contributed by atoms with Crippen molar-refractivity contribution in [2.75, 3.05) is 10.8 Å². The molecule has 0 spiro atoms. The number of halogens is 1. The van der Waals surface area contributed by atoms with Crippen LogP contribution in [0.3, 0.4) is 0 Å². The van der Waals surface area contributed by atoms with Crippen molar-refractivity contribution in [3.8, 4) is 0 Å². The second-order valence-electron chi connectivity index (χ2n) is 4.79. The van der Waals surface area contributed by atoms with Gasteiger partial charge in [0.15, 0.2) is 0 Å². The third-order valence-electron chi connectivity index (χ3n) is 3.10. The Kier molecular flexibility index (Phi) is 4.36. The molecule has 0 amide bonds. The van der Waals surface area contributed by atoms with E-state index in [-0.39, 0.29) is 5.75 Å². The molecule has 3 rings (SSSR count). The van der Waals surface area contributed by atoms with Gasteiger partial charge in [-0.1, -0.05) is 48.5 Å². The molecule has 0 bridgehead atoms. The first-order valence-corrected chi connectivity index (χ1v) is 9.57. The number of fused-ring (bicyclic) bond motifs is 2. The van der Waals surface area contributed by atoms with E-state index in [1.165, 1.54) is 16.8 Å². The van der Waals surface area contributed by atoms with Crippen molar-refractivity contribution in [3.05, 3.63) is 47.5 Å². The molecule has 0 saturated carbocycles. The molecule has 7 heteroatoms. The molecular weight excluding hydrogens is 342 g/mol. The van der Waals surface area contributed by atoms with E-state index in [0.29, 0.717) is 22.8 Å². The van der Waals surface area contributed by atoms with Crippen LogP contribution in [0.1, 0.15) is 13.3 Å². The Morgan fingerprint density at radius 1 is 1.14 bits per heavy atom. The Morgan fingerprint density at radius 3 is 2.64 bits per heavy atom. The number of nitrogens with zero attached hydrogens (tertiary/aromatic N) is 1. The van der Waals surface area contributed by atoms with Crippen LogP contribution in [0.5, 0.6) is 0 Å². The Morgan fingerprint density at radius 2 is 1.86 bits per heavy atom. The normalized spacial score (nSPS) is 13.6. The van der Waals surface area contributed by atoms with Gasteiger partial charge in [-0.05, 0) is 30.7 Å². The largest absolute Gasteiger partial charge is 0.288 e. The van der Waals surface area contributed by atoms with E-state index in [1.54, 1.807) is 13.0 Å². The molecule has 0 aliphatic carbocycles. The van der Waals surface area contributed by atoms with Gasteiger partial charge < -0.3 is 0 Å². The fraction of sp³-hybridized carbons (Fsp3) is 0.200. The van der Waals surface area contributed by atoms with Crippen LogP contribution in [0.25, 0.3) is 0 Å². The number of benzene rings is 2. The van der Waals surface area contributed by atoms with Crippen LogP contribution in [-0.4, -0.2) is 14.2 Å². The van der Waals surface area contributed by atoms with Crippen molar-refractivity contribution >= 4 is 44.9 Å². The maximum atomic E-state index is 12.1. The zero-order valence-electron chi connectivity index (χ0n) is 11.8. The van der Waals surface area contributed by atoms with Crippen molar-refractivity contribution in [2.24, 2.45) is 0 Å². The minimum absolute atomic E-state index is 0.0431. The predicted molar refractivity (Wildman–Crippen MR) is 89.3 cm³/mol. The van der Waals surface area contributed by atoms with Gasteiger partial charge in [-0.15, -0.1) is 4.28 Å². The molecule has 0 aromatic heterocycles. The lowest BCUT2D eigenvalue weighted by Gasteiger charge is -2.31. The van der Waals surface area contributed by atoms with Gasteiger partial charge in [-0.2, -0.15) is 8.42 Å². The standard InChI is InChI=1S/C15H14ClNO3S2/c1-2-10-22(18,19)20-17-12-7-3-4-8-13(12)21-14-9-5-6-11(16)15(14)17/h3-9H,2,10H2,1H3. The molecule has 1 heterocycles. The van der Waals surface area contributed by atoms with Crippen LogP contribution in [0.15, 0.2) is 52.3 Å². The van der Waals surface area contributed by atoms with E-state index in [1.807, 2.05) is 36.4 Å². The van der Waals surface area contributed by atoms with Gasteiger partial charge in [-0.3, -0.25) is 0 Å². The average Bonchev–Trinajstić information content (AvgIpc) is 2.46. The molecule has 2 aromatic carbocycles. The maximum Gasteiger partial charge on any atom is 0.288 e. The van der Waals surface area contributed by atoms with Gasteiger partial charge in [0.2, 0.25) is 0 Å². The van der Waals surface area contributed by atoms with Gasteiger partial charge in [-0.25, -0.2) is 5.06 Å². The van der Waals surface area contributed by atoms with Crippen LogP contribution in [0.4, 0.5) is 11.4 Å². The van der Waals surface area contributed by atoms with Crippen molar-refractivity contribution in [2.45, 2.75) is 23.1 Å². The van der Waals surface area contributed by atoms with Gasteiger partial charge >= 0.3 is 0 Å². The van der Waals surface area contributed by atoms with E-state index in [0.717, 1.165) is 9.79 Å². The van der Waals surface area contributed by atoms with Crippen molar-refractivity contribution in [3.63, 3.8) is 0 Å². The highest BCUT2D eigenvalue weighted by atomic mass is 35.5. The molecule has 116 valence electrons. The number of hydrogen-bond donors (Lipinski definition) is 0. The molecular formula is C15H14ClNO3S2. The number of hydrogen-bond acceptors (Lipinski definition) is 5. The van der Waals surface area contributed by atoms with E-state index in [4.69, 9.17) is 15.9 Å². The minimum Gasteiger partial charge on any atom is -0.201 e. The summed E-state index contributed by atoms with van der Waals surface area (Å²) in [4.78, 5) is 1.78. The topological polar surface area (TPSA) is 46.6 Å². The predicted octanol–water partition coefficient (Wildman–Crippen LogP) is 4.61. The van der Waals surface area contributed by atoms with Crippen LogP contribution in [-0.2, 0) is 14.4 Å². The Bertz CT molecular complexity index is 808. The molecule has 0 N–H and O–H groups in total. The maximum absolute atomic E-state index is 12.1. The molecule has 1 aliphatic rings. The average molecular weight is 356 g/mol. The molecule has 0 fully saturated rings. The summed E-state index contributed by atoms with van der Waals surface area (Å²) in [7, 11) is -3.68. The highest BCUT2D eigenvalue weighted by Gasteiger charge is 2.29. The van der Waals surface area contributed by atoms with E-state index < -0.39 is 10.1 Å². The summed E-state index contributed by atoms with van der Waals surface area (Å²) in [5, 5.41) is 1.78. The fourth-order valence-electron chi connectivity index (χ4n) is 2.20. The monoisotopic (exact) mass is 355 g/mol. The summed E-state index contributed by atoms with van der Waals surface area (Å²) in [6.45, 7) is 1.79. The second-order valence-corrected chi connectivity index (χ2v) is 7.95. The van der Waals surface area contributed by atoms with Gasteiger partial charge in [0.05, 0.1) is 16.5 Å². The van der Waals surface area contributed by atoms with Crippen LogP contribution in [0.2, 0.25) is 5.02 Å². The summed E-state index contributed by atoms with van der Waals surface area (Å²) in [6, 6.07) is 12.9. The Balaban J connectivity index is 2.12. The first kappa shape index (κ1) is 15.7. The highest BCUT2D eigenvalue weighted by Crippen LogP contribution is 2.50. The van der Waals surface area contributed by atoms with E-state index in [2.05, 4.69) is 0 Å². The lowest BCUT2D eigenvalue weighted by Crippen LogP contribution is -2.26. The molecule has 4 nitrogen and oxygen atoms in total. The number of rotatable bonds is 4. The Labute approximate surface area is 139 Å². The van der Waals surface area contributed by atoms with Crippen LogP contribution >= 0.6 is 23.4 Å². The second kappa shape index (κ2) is 6.12. The molecule has 1 aliphatic heterocycles. The third kappa shape index (κ3) is 2.96. The smallest absolute Gasteiger partial charge is 0.201 e. The summed E-state index contributed by atoms with van der Waals surface area (Å²) >= 11 is 7.82. The van der Waals surface area contributed by atoms with Crippen molar-refractivity contribution in [1.29, 1.82) is 0 Å². The fourth-order valence-corrected chi connectivity index (χ4v) is 4.54. The zero-order valence-corrected chi connectivity index (χ0v) is 14.2.